The summed E-state index contributed by atoms with van der Waals surface area (Å²) in [5.74, 6) is 0.106. The molecular formula is C20H34ClIO4. The summed E-state index contributed by atoms with van der Waals surface area (Å²) >= 11 is 9.05. The molecule has 26 heavy (non-hydrogen) atoms. The fraction of sp³-hybridized carbons (Fsp3) is 0.850. The molecule has 4 nitrogen and oxygen atoms in total. The van der Waals surface area contributed by atoms with Crippen LogP contribution < -0.4 is 0 Å². The number of carbonyl (C=O) groups is 1. The molecule has 152 valence electrons. The average molecular weight is 501 g/mol. The zero-order valence-corrected chi connectivity index (χ0v) is 18.6. The minimum absolute atomic E-state index is 0.179. The lowest BCUT2D eigenvalue weighted by atomic mass is 9.89. The van der Waals surface area contributed by atoms with E-state index < -0.39 is 12.1 Å². The van der Waals surface area contributed by atoms with E-state index in [-0.39, 0.29) is 17.9 Å². The molecule has 0 spiro atoms. The Morgan fingerprint density at radius 3 is 2.54 bits per heavy atom. The third kappa shape index (κ3) is 9.90. The first-order chi connectivity index (χ1) is 12.3. The van der Waals surface area contributed by atoms with Crippen LogP contribution >= 0.6 is 34.2 Å². The minimum Gasteiger partial charge on any atom is -0.481 e. The van der Waals surface area contributed by atoms with Gasteiger partial charge in [-0.15, -0.1) is 11.6 Å². The third-order valence-electron chi connectivity index (χ3n) is 5.18. The van der Waals surface area contributed by atoms with Gasteiger partial charge in [-0.25, -0.2) is 0 Å². The molecule has 1 rings (SSSR count). The summed E-state index contributed by atoms with van der Waals surface area (Å²) in [5.41, 5.74) is 0. The van der Waals surface area contributed by atoms with Crippen LogP contribution in [0, 0.1) is 11.8 Å². The Bertz CT molecular complexity index is 430. The van der Waals surface area contributed by atoms with Gasteiger partial charge < -0.3 is 15.3 Å². The molecular weight excluding hydrogens is 467 g/mol. The number of alkyl halides is 2. The monoisotopic (exact) mass is 500 g/mol. The summed E-state index contributed by atoms with van der Waals surface area (Å²) in [6.45, 7) is 1.77. The first-order valence-corrected chi connectivity index (χ1v) is 11.5. The summed E-state index contributed by atoms with van der Waals surface area (Å²) in [6.07, 6.45) is 11.7. The number of aliphatic hydroxyl groups is 2. The summed E-state index contributed by atoms with van der Waals surface area (Å²) in [5, 5.41) is 28.3. The zero-order valence-electron chi connectivity index (χ0n) is 15.7. The number of rotatable bonds is 13. The predicted octanol–water partition coefficient (Wildman–Crippen LogP) is 4.93. The maximum Gasteiger partial charge on any atom is 0.303 e. The lowest BCUT2D eigenvalue weighted by Gasteiger charge is -2.21. The van der Waals surface area contributed by atoms with Crippen LogP contribution in [-0.2, 0) is 4.79 Å². The number of halogens is 2. The van der Waals surface area contributed by atoms with Crippen molar-refractivity contribution < 1.29 is 20.1 Å². The van der Waals surface area contributed by atoms with Crippen LogP contribution in [0.5, 0.6) is 0 Å². The molecule has 1 aliphatic rings. The van der Waals surface area contributed by atoms with Crippen LogP contribution in [0.1, 0.15) is 71.1 Å². The van der Waals surface area contributed by atoms with E-state index in [2.05, 4.69) is 28.7 Å². The van der Waals surface area contributed by atoms with Gasteiger partial charge in [0.15, 0.2) is 0 Å². The quantitative estimate of drug-likeness (QED) is 0.145. The van der Waals surface area contributed by atoms with Crippen molar-refractivity contribution in [3.63, 3.8) is 0 Å². The molecule has 0 bridgehead atoms. The van der Waals surface area contributed by atoms with E-state index in [9.17, 15) is 15.0 Å². The predicted molar refractivity (Wildman–Crippen MR) is 115 cm³/mol. The van der Waals surface area contributed by atoms with Gasteiger partial charge in [0.05, 0.1) is 12.2 Å². The van der Waals surface area contributed by atoms with E-state index in [0.717, 1.165) is 51.4 Å². The standard InChI is InChI=1S/C20H34ClIO4/c1-14(23)7-6-8-15(24)11-12-17-16(18(21)13-19(17)22)9-4-2-3-5-10-20(25)26/h11-12,14-19,23-24H,2-10,13H2,1H3,(H,25,26)/b12-11+/t14-,15+,16-,17-,18-,19-/m1/s1. The van der Waals surface area contributed by atoms with Crippen LogP contribution in [0.25, 0.3) is 0 Å². The van der Waals surface area contributed by atoms with Crippen molar-refractivity contribution in [2.24, 2.45) is 11.8 Å². The molecule has 0 aromatic heterocycles. The van der Waals surface area contributed by atoms with Crippen molar-refractivity contribution in [2.75, 3.05) is 0 Å². The minimum atomic E-state index is -0.716. The number of unbranched alkanes of at least 4 members (excludes halogenated alkanes) is 3. The molecule has 0 amide bonds. The van der Waals surface area contributed by atoms with Gasteiger partial charge in [0.25, 0.3) is 0 Å². The Hall–Kier alpha value is 0.150. The molecule has 0 heterocycles. The number of carboxylic acid groups (broad SMARTS) is 1. The van der Waals surface area contributed by atoms with Crippen molar-refractivity contribution in [1.82, 2.24) is 0 Å². The molecule has 0 aromatic carbocycles. The molecule has 0 radical (unpaired) electrons. The number of aliphatic carboxylic acids is 1. The highest BCUT2D eigenvalue weighted by Crippen LogP contribution is 2.43. The number of carboxylic acids is 1. The number of allylic oxidation sites excluding steroid dienone is 1. The lowest BCUT2D eigenvalue weighted by Crippen LogP contribution is -2.17. The molecule has 6 atom stereocenters. The highest BCUT2D eigenvalue weighted by Gasteiger charge is 2.39. The van der Waals surface area contributed by atoms with Gasteiger partial charge in [0, 0.05) is 15.7 Å². The topological polar surface area (TPSA) is 77.8 Å². The van der Waals surface area contributed by atoms with Gasteiger partial charge in [-0.1, -0.05) is 54.0 Å². The van der Waals surface area contributed by atoms with Crippen molar-refractivity contribution in [3.8, 4) is 0 Å². The van der Waals surface area contributed by atoms with Gasteiger partial charge >= 0.3 is 5.97 Å². The number of aliphatic hydroxyl groups excluding tert-OH is 2. The molecule has 0 unspecified atom stereocenters. The second-order valence-electron chi connectivity index (χ2n) is 7.59. The van der Waals surface area contributed by atoms with E-state index in [1.165, 1.54) is 0 Å². The van der Waals surface area contributed by atoms with E-state index in [1.807, 2.05) is 6.08 Å². The first kappa shape index (κ1) is 24.2. The smallest absolute Gasteiger partial charge is 0.303 e. The molecule has 0 saturated heterocycles. The van der Waals surface area contributed by atoms with Gasteiger partial charge in [-0.3, -0.25) is 4.79 Å². The van der Waals surface area contributed by atoms with Gasteiger partial charge in [0.2, 0.25) is 0 Å². The maximum atomic E-state index is 10.5. The molecule has 1 fully saturated rings. The summed E-state index contributed by atoms with van der Waals surface area (Å²) < 4.78 is 0.494. The van der Waals surface area contributed by atoms with Gasteiger partial charge in [-0.2, -0.15) is 0 Å². The van der Waals surface area contributed by atoms with Crippen LogP contribution in [0.15, 0.2) is 12.2 Å². The zero-order chi connectivity index (χ0) is 19.5. The SMILES string of the molecule is C[C@@H](O)CCC[C@H](O)/C=C/[C@@H]1[C@@H](CCCCCCC(=O)O)[C@H](Cl)C[C@H]1I. The van der Waals surface area contributed by atoms with Crippen molar-refractivity contribution in [1.29, 1.82) is 0 Å². The Kier molecular flexibility index (Phi) is 12.4. The van der Waals surface area contributed by atoms with E-state index >= 15 is 0 Å². The second-order valence-corrected chi connectivity index (χ2v) is 9.75. The normalized spacial score (nSPS) is 28.5. The molecule has 1 aliphatic carbocycles. The summed E-state index contributed by atoms with van der Waals surface area (Å²) in [4.78, 5) is 10.5. The van der Waals surface area contributed by atoms with Crippen molar-refractivity contribution >= 4 is 40.2 Å². The van der Waals surface area contributed by atoms with Crippen molar-refractivity contribution in [2.45, 2.75) is 92.6 Å². The lowest BCUT2D eigenvalue weighted by molar-refractivity contribution is -0.137. The molecule has 6 heteroatoms. The summed E-state index contributed by atoms with van der Waals surface area (Å²) in [7, 11) is 0. The molecule has 3 N–H and O–H groups in total. The van der Waals surface area contributed by atoms with E-state index in [0.29, 0.717) is 22.2 Å². The Balaban J connectivity index is 2.38. The van der Waals surface area contributed by atoms with Crippen LogP contribution in [0.2, 0.25) is 0 Å². The van der Waals surface area contributed by atoms with E-state index in [1.54, 1.807) is 6.92 Å². The number of hydrogen-bond donors (Lipinski definition) is 3. The highest BCUT2D eigenvalue weighted by molar-refractivity contribution is 14.1. The maximum absolute atomic E-state index is 10.5. The van der Waals surface area contributed by atoms with Crippen molar-refractivity contribution in [3.05, 3.63) is 12.2 Å². The average Bonchev–Trinajstić information content (AvgIpc) is 2.81. The second kappa shape index (κ2) is 13.3. The first-order valence-electron chi connectivity index (χ1n) is 9.85. The van der Waals surface area contributed by atoms with E-state index in [4.69, 9.17) is 16.7 Å². The fourth-order valence-corrected chi connectivity index (χ4v) is 5.79. The Morgan fingerprint density at radius 1 is 1.19 bits per heavy atom. The molecule has 0 aromatic rings. The summed E-state index contributed by atoms with van der Waals surface area (Å²) in [6, 6.07) is 0. The van der Waals surface area contributed by atoms with Gasteiger partial charge in [-0.05, 0) is 57.3 Å². The van der Waals surface area contributed by atoms with Crippen LogP contribution in [0.4, 0.5) is 0 Å². The largest absolute Gasteiger partial charge is 0.481 e. The fourth-order valence-electron chi connectivity index (χ4n) is 3.68. The number of hydrogen-bond acceptors (Lipinski definition) is 3. The van der Waals surface area contributed by atoms with Gasteiger partial charge in [0.1, 0.15) is 0 Å². The van der Waals surface area contributed by atoms with Crippen LogP contribution in [-0.4, -0.2) is 42.8 Å². The Labute approximate surface area is 176 Å². The molecule has 0 aliphatic heterocycles. The van der Waals surface area contributed by atoms with Crippen LogP contribution in [0.3, 0.4) is 0 Å². The highest BCUT2D eigenvalue weighted by atomic mass is 127. The third-order valence-corrected chi connectivity index (χ3v) is 7.02. The Morgan fingerprint density at radius 2 is 1.88 bits per heavy atom. The molecule has 1 saturated carbocycles.